The zero-order chi connectivity index (χ0) is 17.4. The second-order valence-corrected chi connectivity index (χ2v) is 7.39. The van der Waals surface area contributed by atoms with Gasteiger partial charge in [-0.2, -0.15) is 0 Å². The predicted octanol–water partition coefficient (Wildman–Crippen LogP) is 2.39. The smallest absolute Gasteiger partial charge is 0.254 e. The van der Waals surface area contributed by atoms with Crippen molar-refractivity contribution in [3.8, 4) is 11.1 Å². The van der Waals surface area contributed by atoms with Crippen molar-refractivity contribution in [1.29, 1.82) is 0 Å². The molecule has 2 aromatic carbocycles. The summed E-state index contributed by atoms with van der Waals surface area (Å²) in [5.74, 6) is 0.00697. The predicted molar refractivity (Wildman–Crippen MR) is 97.1 cm³/mol. The first-order chi connectivity index (χ1) is 12.0. The Morgan fingerprint density at radius 1 is 1.20 bits per heavy atom. The Kier molecular flexibility index (Phi) is 4.10. The zero-order valence-corrected chi connectivity index (χ0v) is 14.2. The monoisotopic (exact) mass is 335 g/mol. The van der Waals surface area contributed by atoms with E-state index in [1.165, 1.54) is 0 Å². The molecule has 0 aromatic heterocycles. The summed E-state index contributed by atoms with van der Waals surface area (Å²) in [6.07, 6.45) is 3.40. The van der Waals surface area contributed by atoms with E-state index in [0.29, 0.717) is 12.1 Å². The molecule has 2 fully saturated rings. The Morgan fingerprint density at radius 2 is 1.92 bits per heavy atom. The van der Waals surface area contributed by atoms with Crippen LogP contribution >= 0.6 is 0 Å². The number of amides is 1. The summed E-state index contributed by atoms with van der Waals surface area (Å²) in [7, 11) is 0. The standard InChI is InChI=1S/C21H23N2O2/c22-19-9-12-23(14-19)20(24)18-7-5-17(6-8-18)16-3-1-15(2-4-16)13-21(25)10-11-21/h1-7,19,25H,9-14,22H2/t19-/m0/s1. The van der Waals surface area contributed by atoms with Crippen molar-refractivity contribution in [2.45, 2.75) is 37.3 Å². The lowest BCUT2D eigenvalue weighted by molar-refractivity contribution is 0.0790. The van der Waals surface area contributed by atoms with Crippen molar-refractivity contribution in [1.82, 2.24) is 4.90 Å². The van der Waals surface area contributed by atoms with Crippen molar-refractivity contribution < 1.29 is 9.90 Å². The minimum Gasteiger partial charge on any atom is -0.390 e. The molecule has 3 N–H and O–H groups in total. The van der Waals surface area contributed by atoms with Gasteiger partial charge in [0.25, 0.3) is 5.91 Å². The summed E-state index contributed by atoms with van der Waals surface area (Å²) >= 11 is 0. The van der Waals surface area contributed by atoms with E-state index in [4.69, 9.17) is 5.73 Å². The van der Waals surface area contributed by atoms with E-state index in [1.807, 2.05) is 18.2 Å². The second-order valence-electron chi connectivity index (χ2n) is 7.39. The summed E-state index contributed by atoms with van der Waals surface area (Å²) < 4.78 is 0. The van der Waals surface area contributed by atoms with Gasteiger partial charge in [0.05, 0.1) is 5.60 Å². The van der Waals surface area contributed by atoms with Gasteiger partial charge < -0.3 is 15.7 Å². The van der Waals surface area contributed by atoms with Gasteiger partial charge in [-0.1, -0.05) is 30.3 Å². The van der Waals surface area contributed by atoms with E-state index in [9.17, 15) is 9.90 Å². The van der Waals surface area contributed by atoms with Gasteiger partial charge in [0.2, 0.25) is 0 Å². The number of nitrogens with two attached hydrogens (primary N) is 1. The van der Waals surface area contributed by atoms with Crippen LogP contribution in [0.25, 0.3) is 11.1 Å². The van der Waals surface area contributed by atoms with Crippen molar-refractivity contribution >= 4 is 5.91 Å². The fourth-order valence-corrected chi connectivity index (χ4v) is 3.40. The first kappa shape index (κ1) is 16.3. The van der Waals surface area contributed by atoms with Crippen molar-refractivity contribution in [2.75, 3.05) is 13.1 Å². The van der Waals surface area contributed by atoms with E-state index in [0.717, 1.165) is 48.9 Å². The lowest BCUT2D eigenvalue weighted by Gasteiger charge is -2.15. The summed E-state index contributed by atoms with van der Waals surface area (Å²) in [5, 5.41) is 10.0. The number of hydrogen-bond acceptors (Lipinski definition) is 3. The molecule has 1 aliphatic heterocycles. The van der Waals surface area contributed by atoms with Gasteiger partial charge in [-0.15, -0.1) is 0 Å². The van der Waals surface area contributed by atoms with E-state index in [1.54, 1.807) is 4.90 Å². The molecule has 0 bridgehead atoms. The van der Waals surface area contributed by atoms with Gasteiger partial charge in [0, 0.05) is 31.1 Å². The summed E-state index contributed by atoms with van der Waals surface area (Å²) in [6.45, 7) is 1.35. The van der Waals surface area contributed by atoms with Crippen LogP contribution in [0.5, 0.6) is 0 Å². The van der Waals surface area contributed by atoms with Gasteiger partial charge in [-0.3, -0.25) is 4.79 Å². The third-order valence-corrected chi connectivity index (χ3v) is 5.20. The number of carbonyl (C=O) groups is 1. The zero-order valence-electron chi connectivity index (χ0n) is 14.2. The van der Waals surface area contributed by atoms with Crippen LogP contribution in [0.4, 0.5) is 0 Å². The van der Waals surface area contributed by atoms with Crippen LogP contribution in [0.1, 0.15) is 35.2 Å². The normalized spacial score (nSPS) is 21.4. The fraction of sp³-hybridized carbons (Fsp3) is 0.381. The van der Waals surface area contributed by atoms with Gasteiger partial charge in [-0.05, 0) is 54.2 Å². The fourth-order valence-electron chi connectivity index (χ4n) is 3.40. The molecule has 129 valence electrons. The highest BCUT2D eigenvalue weighted by Gasteiger charge is 2.39. The molecule has 1 saturated carbocycles. The third kappa shape index (κ3) is 3.60. The number of benzene rings is 2. The average Bonchev–Trinajstić information content (AvgIpc) is 3.18. The molecule has 1 amide bonds. The van der Waals surface area contributed by atoms with Crippen LogP contribution in [-0.4, -0.2) is 40.6 Å². The number of carbonyl (C=O) groups excluding carboxylic acids is 1. The van der Waals surface area contributed by atoms with Crippen molar-refractivity contribution in [3.63, 3.8) is 0 Å². The number of hydrogen-bond donors (Lipinski definition) is 2. The van der Waals surface area contributed by atoms with Crippen LogP contribution < -0.4 is 5.73 Å². The topological polar surface area (TPSA) is 66.6 Å². The Bertz CT molecular complexity index is 763. The van der Waals surface area contributed by atoms with Crippen LogP contribution in [-0.2, 0) is 6.42 Å². The maximum Gasteiger partial charge on any atom is 0.254 e. The molecule has 2 aromatic rings. The van der Waals surface area contributed by atoms with Crippen LogP contribution in [0, 0.1) is 6.07 Å². The first-order valence-electron chi connectivity index (χ1n) is 8.91. The summed E-state index contributed by atoms with van der Waals surface area (Å²) in [5.41, 5.74) is 9.28. The molecule has 1 atom stereocenters. The highest BCUT2D eigenvalue weighted by atomic mass is 16.3. The lowest BCUT2D eigenvalue weighted by Crippen LogP contribution is -2.31. The minimum atomic E-state index is -0.463. The van der Waals surface area contributed by atoms with Crippen LogP contribution in [0.2, 0.25) is 0 Å². The van der Waals surface area contributed by atoms with Crippen LogP contribution in [0.3, 0.4) is 0 Å². The van der Waals surface area contributed by atoms with Crippen LogP contribution in [0.15, 0.2) is 42.5 Å². The molecule has 1 saturated heterocycles. The first-order valence-corrected chi connectivity index (χ1v) is 8.91. The molecular weight excluding hydrogens is 312 g/mol. The quantitative estimate of drug-likeness (QED) is 0.902. The van der Waals surface area contributed by atoms with E-state index in [-0.39, 0.29) is 11.9 Å². The highest BCUT2D eigenvalue weighted by molar-refractivity contribution is 5.94. The summed E-state index contributed by atoms with van der Waals surface area (Å²) in [6, 6.07) is 17.1. The molecule has 1 radical (unpaired) electrons. The lowest BCUT2D eigenvalue weighted by atomic mass is 10.00. The Balaban J connectivity index is 1.45. The van der Waals surface area contributed by atoms with E-state index in [2.05, 4.69) is 30.3 Å². The van der Waals surface area contributed by atoms with Gasteiger partial charge in [-0.25, -0.2) is 0 Å². The Hall–Kier alpha value is -2.17. The summed E-state index contributed by atoms with van der Waals surface area (Å²) in [4.78, 5) is 14.2. The molecule has 4 heteroatoms. The average molecular weight is 335 g/mol. The maximum absolute atomic E-state index is 12.4. The molecule has 2 aliphatic rings. The van der Waals surface area contributed by atoms with E-state index < -0.39 is 5.60 Å². The van der Waals surface area contributed by atoms with Gasteiger partial charge >= 0.3 is 0 Å². The minimum absolute atomic E-state index is 0.00697. The molecule has 1 heterocycles. The SMILES string of the molecule is N[C@H]1CCN(C(=O)c2[c]cc(-c3ccc(CC4(O)CC4)cc3)cc2)C1. The molecule has 0 unspecified atom stereocenters. The number of likely N-dealkylation sites (tertiary alicyclic amines) is 1. The maximum atomic E-state index is 12.4. The van der Waals surface area contributed by atoms with Gasteiger partial charge in [0.15, 0.2) is 0 Å². The van der Waals surface area contributed by atoms with E-state index >= 15 is 0 Å². The second kappa shape index (κ2) is 6.28. The largest absolute Gasteiger partial charge is 0.390 e. The third-order valence-electron chi connectivity index (χ3n) is 5.20. The highest BCUT2D eigenvalue weighted by Crippen LogP contribution is 2.38. The molecule has 4 nitrogen and oxygen atoms in total. The number of rotatable bonds is 4. The number of aliphatic hydroxyl groups is 1. The van der Waals surface area contributed by atoms with Crippen molar-refractivity contribution in [2.24, 2.45) is 5.73 Å². The molecule has 25 heavy (non-hydrogen) atoms. The van der Waals surface area contributed by atoms with Crippen molar-refractivity contribution in [3.05, 3.63) is 59.7 Å². The Labute approximate surface area is 148 Å². The Morgan fingerprint density at radius 3 is 2.48 bits per heavy atom. The van der Waals surface area contributed by atoms with Gasteiger partial charge in [0.1, 0.15) is 0 Å². The number of nitrogens with zero attached hydrogens (tertiary/aromatic N) is 1. The molecule has 4 rings (SSSR count). The molecule has 0 spiro atoms. The molecular formula is C21H23N2O2. The molecule has 1 aliphatic carbocycles.